The maximum absolute atomic E-state index is 2.47. The smallest absolute Gasteiger partial charge is 0.00946 e. The second-order valence-electron chi connectivity index (χ2n) is 4.08. The fourth-order valence-electron chi connectivity index (χ4n) is 1.77. The Balaban J connectivity index is 4.05. The van der Waals surface area contributed by atoms with E-state index in [2.05, 4.69) is 46.6 Å². The molecule has 0 saturated heterocycles. The van der Waals surface area contributed by atoms with E-state index in [1.807, 2.05) is 0 Å². The molecule has 0 aliphatic carbocycles. The molecule has 1 atom stereocenters. The van der Waals surface area contributed by atoms with Gasteiger partial charge < -0.3 is 4.90 Å². The maximum atomic E-state index is 2.47. The summed E-state index contributed by atoms with van der Waals surface area (Å²) in [5.74, 6) is 0.859. The molecule has 0 aromatic carbocycles. The Morgan fingerprint density at radius 3 is 1.67 bits per heavy atom. The zero-order valence-electron chi connectivity index (χ0n) is 9.59. The minimum atomic E-state index is 0.667. The third-order valence-electron chi connectivity index (χ3n) is 3.19. The van der Waals surface area contributed by atoms with Gasteiger partial charge in [-0.3, -0.25) is 0 Å². The van der Waals surface area contributed by atoms with Gasteiger partial charge >= 0.3 is 0 Å². The van der Waals surface area contributed by atoms with Crippen LogP contribution in [0.15, 0.2) is 0 Å². The zero-order valence-corrected chi connectivity index (χ0v) is 9.59. The van der Waals surface area contributed by atoms with Crippen LogP contribution in [-0.2, 0) is 0 Å². The molecular formula is C11H25N. The van der Waals surface area contributed by atoms with Crippen molar-refractivity contribution in [1.82, 2.24) is 4.90 Å². The molecule has 0 saturated carbocycles. The molecule has 0 rings (SSSR count). The van der Waals surface area contributed by atoms with Gasteiger partial charge in [0.2, 0.25) is 0 Å². The summed E-state index contributed by atoms with van der Waals surface area (Å²) in [5.41, 5.74) is 0. The molecule has 12 heavy (non-hydrogen) atoms. The minimum absolute atomic E-state index is 0.667. The van der Waals surface area contributed by atoms with Crippen LogP contribution >= 0.6 is 0 Å². The van der Waals surface area contributed by atoms with E-state index in [0.29, 0.717) is 6.04 Å². The Kier molecular flexibility index (Phi) is 5.56. The van der Waals surface area contributed by atoms with Crippen molar-refractivity contribution in [1.29, 1.82) is 0 Å². The Morgan fingerprint density at radius 1 is 1.00 bits per heavy atom. The van der Waals surface area contributed by atoms with Crippen LogP contribution in [0.1, 0.15) is 47.5 Å². The summed E-state index contributed by atoms with van der Waals surface area (Å²) >= 11 is 0. The highest BCUT2D eigenvalue weighted by molar-refractivity contribution is 4.73. The molecule has 0 aromatic heterocycles. The highest BCUT2D eigenvalue weighted by Gasteiger charge is 2.19. The lowest BCUT2D eigenvalue weighted by Gasteiger charge is -2.33. The standard InChI is InChI=1S/C11H25N/c1-7-11(8-2)10(5)12(6)9(3)4/h9-11H,7-8H2,1-6H3. The normalized spacial score (nSPS) is 14.8. The molecule has 0 aliphatic heterocycles. The molecule has 0 N–H and O–H groups in total. The molecule has 0 spiro atoms. The van der Waals surface area contributed by atoms with Crippen LogP contribution in [0.2, 0.25) is 0 Å². The second-order valence-corrected chi connectivity index (χ2v) is 4.08. The minimum Gasteiger partial charge on any atom is -0.301 e. The topological polar surface area (TPSA) is 3.24 Å². The molecule has 0 amide bonds. The van der Waals surface area contributed by atoms with Crippen molar-refractivity contribution in [2.75, 3.05) is 7.05 Å². The molecule has 1 nitrogen and oxygen atoms in total. The fraction of sp³-hybridized carbons (Fsp3) is 1.00. The summed E-state index contributed by atoms with van der Waals surface area (Å²) in [7, 11) is 2.23. The van der Waals surface area contributed by atoms with Gasteiger partial charge in [0.05, 0.1) is 0 Å². The van der Waals surface area contributed by atoms with Gasteiger partial charge in [-0.25, -0.2) is 0 Å². The molecule has 74 valence electrons. The molecule has 0 radical (unpaired) electrons. The van der Waals surface area contributed by atoms with Gasteiger partial charge in [-0.2, -0.15) is 0 Å². The van der Waals surface area contributed by atoms with Gasteiger partial charge in [-0.15, -0.1) is 0 Å². The third kappa shape index (κ3) is 3.14. The molecule has 0 bridgehead atoms. The van der Waals surface area contributed by atoms with E-state index < -0.39 is 0 Å². The lowest BCUT2D eigenvalue weighted by molar-refractivity contribution is 0.147. The van der Waals surface area contributed by atoms with Crippen molar-refractivity contribution in [3.8, 4) is 0 Å². The van der Waals surface area contributed by atoms with Crippen molar-refractivity contribution in [3.05, 3.63) is 0 Å². The van der Waals surface area contributed by atoms with E-state index in [1.165, 1.54) is 12.8 Å². The molecule has 0 aliphatic rings. The molecular weight excluding hydrogens is 146 g/mol. The van der Waals surface area contributed by atoms with Crippen molar-refractivity contribution in [3.63, 3.8) is 0 Å². The average molecular weight is 171 g/mol. The van der Waals surface area contributed by atoms with Crippen LogP contribution in [0.4, 0.5) is 0 Å². The van der Waals surface area contributed by atoms with Gasteiger partial charge in [-0.1, -0.05) is 26.7 Å². The van der Waals surface area contributed by atoms with Gasteiger partial charge in [0.1, 0.15) is 0 Å². The Bertz CT molecular complexity index is 104. The number of hydrogen-bond acceptors (Lipinski definition) is 1. The van der Waals surface area contributed by atoms with E-state index >= 15 is 0 Å². The Morgan fingerprint density at radius 2 is 1.42 bits per heavy atom. The van der Waals surface area contributed by atoms with Crippen LogP contribution in [0.5, 0.6) is 0 Å². The van der Waals surface area contributed by atoms with Crippen LogP contribution in [0.25, 0.3) is 0 Å². The average Bonchev–Trinajstić information content (AvgIpc) is 2.05. The van der Waals surface area contributed by atoms with Crippen molar-refractivity contribution in [2.24, 2.45) is 5.92 Å². The first-order valence-corrected chi connectivity index (χ1v) is 5.26. The quantitative estimate of drug-likeness (QED) is 0.614. The predicted molar refractivity (Wildman–Crippen MR) is 56.4 cm³/mol. The Labute approximate surface area is 78.1 Å². The Hall–Kier alpha value is -0.0400. The SMILES string of the molecule is CCC(CC)C(C)N(C)C(C)C. The van der Waals surface area contributed by atoms with E-state index in [4.69, 9.17) is 0 Å². The van der Waals surface area contributed by atoms with Crippen molar-refractivity contribution >= 4 is 0 Å². The van der Waals surface area contributed by atoms with Crippen LogP contribution in [-0.4, -0.2) is 24.0 Å². The predicted octanol–water partition coefficient (Wildman–Crippen LogP) is 3.15. The molecule has 0 aromatic rings. The van der Waals surface area contributed by atoms with Crippen LogP contribution in [0.3, 0.4) is 0 Å². The van der Waals surface area contributed by atoms with E-state index in [1.54, 1.807) is 0 Å². The first kappa shape index (κ1) is 12.0. The summed E-state index contributed by atoms with van der Waals surface area (Å²) in [6.45, 7) is 11.5. The van der Waals surface area contributed by atoms with Gasteiger partial charge in [0.15, 0.2) is 0 Å². The largest absolute Gasteiger partial charge is 0.301 e. The highest BCUT2D eigenvalue weighted by atomic mass is 15.1. The highest BCUT2D eigenvalue weighted by Crippen LogP contribution is 2.18. The van der Waals surface area contributed by atoms with Crippen molar-refractivity contribution in [2.45, 2.75) is 59.5 Å². The van der Waals surface area contributed by atoms with E-state index in [0.717, 1.165) is 12.0 Å². The zero-order chi connectivity index (χ0) is 9.72. The summed E-state index contributed by atoms with van der Waals surface area (Å²) in [5, 5.41) is 0. The molecule has 1 heteroatoms. The molecule has 0 fully saturated rings. The van der Waals surface area contributed by atoms with Gasteiger partial charge in [-0.05, 0) is 33.7 Å². The van der Waals surface area contributed by atoms with Crippen molar-refractivity contribution < 1.29 is 0 Å². The summed E-state index contributed by atoms with van der Waals surface area (Å²) in [6.07, 6.45) is 2.60. The lowest BCUT2D eigenvalue weighted by Crippen LogP contribution is -2.39. The first-order valence-electron chi connectivity index (χ1n) is 5.26. The van der Waals surface area contributed by atoms with E-state index in [-0.39, 0.29) is 0 Å². The molecule has 0 heterocycles. The third-order valence-corrected chi connectivity index (χ3v) is 3.19. The van der Waals surface area contributed by atoms with Crippen LogP contribution in [0, 0.1) is 5.92 Å². The summed E-state index contributed by atoms with van der Waals surface area (Å²) in [6, 6.07) is 1.39. The number of hydrogen-bond donors (Lipinski definition) is 0. The lowest BCUT2D eigenvalue weighted by atomic mass is 9.94. The fourth-order valence-corrected chi connectivity index (χ4v) is 1.77. The number of rotatable bonds is 5. The monoisotopic (exact) mass is 171 g/mol. The summed E-state index contributed by atoms with van der Waals surface area (Å²) in [4.78, 5) is 2.47. The number of nitrogens with zero attached hydrogens (tertiary/aromatic N) is 1. The first-order chi connectivity index (χ1) is 5.54. The molecule has 1 unspecified atom stereocenters. The van der Waals surface area contributed by atoms with Gasteiger partial charge in [0, 0.05) is 12.1 Å². The maximum Gasteiger partial charge on any atom is 0.00946 e. The second kappa shape index (κ2) is 5.58. The summed E-state index contributed by atoms with van der Waals surface area (Å²) < 4.78 is 0. The van der Waals surface area contributed by atoms with E-state index in [9.17, 15) is 0 Å². The van der Waals surface area contributed by atoms with Crippen LogP contribution < -0.4 is 0 Å². The van der Waals surface area contributed by atoms with Gasteiger partial charge in [0.25, 0.3) is 0 Å².